The molecule has 0 unspecified atom stereocenters. The van der Waals surface area contributed by atoms with E-state index in [1.54, 1.807) is 6.20 Å². The van der Waals surface area contributed by atoms with Gasteiger partial charge in [0.25, 0.3) is 0 Å². The molecule has 16 heteroatoms. The van der Waals surface area contributed by atoms with Crippen molar-refractivity contribution in [3.05, 3.63) is 36.0 Å². The Hall–Kier alpha value is -4.70. The molecule has 0 spiro atoms. The van der Waals surface area contributed by atoms with Gasteiger partial charge in [0, 0.05) is 30.1 Å². The lowest BCUT2D eigenvalue weighted by molar-refractivity contribution is -0.135. The molecule has 2 rings (SSSR count). The molecule has 0 saturated carbocycles. The molecule has 16 nitrogen and oxygen atoms in total. The number of nitrogens with one attached hydrogen (secondary N) is 5. The summed E-state index contributed by atoms with van der Waals surface area (Å²) in [5.74, 6) is -3.00. The number of nitrogens with zero attached hydrogens (tertiary/aromatic N) is 1. The van der Waals surface area contributed by atoms with Crippen LogP contribution in [-0.2, 0) is 30.4 Å². The minimum atomic E-state index is -1.12. The Balaban J connectivity index is 2.31. The van der Waals surface area contributed by atoms with E-state index in [2.05, 4.69) is 31.2 Å². The third-order valence-corrected chi connectivity index (χ3v) is 8.32. The Kier molecular flexibility index (Phi) is 17.9. The van der Waals surface area contributed by atoms with Gasteiger partial charge in [-0.05, 0) is 75.0 Å². The summed E-state index contributed by atoms with van der Waals surface area (Å²) < 4.78 is 0. The summed E-state index contributed by atoms with van der Waals surface area (Å²) in [4.78, 5) is 73.7. The minimum Gasteiger partial charge on any atom is -0.370 e. The van der Waals surface area contributed by atoms with Crippen LogP contribution in [0.3, 0.4) is 0 Å². The first kappa shape index (κ1) is 42.5. The molecular formula is C35H59N11O5. The molecule has 0 radical (unpaired) electrons. The quantitative estimate of drug-likeness (QED) is 0.0412. The van der Waals surface area contributed by atoms with Crippen molar-refractivity contribution >= 4 is 46.4 Å². The number of aromatic amines is 1. The first-order valence-corrected chi connectivity index (χ1v) is 17.7. The molecular weight excluding hydrogens is 654 g/mol. The number of aromatic nitrogens is 1. The molecule has 0 bridgehead atoms. The fraction of sp³-hybridized carbons (Fsp3) is 0.600. The van der Waals surface area contributed by atoms with Crippen LogP contribution in [0.4, 0.5) is 0 Å². The lowest BCUT2D eigenvalue weighted by Crippen LogP contribution is -2.59. The number of aliphatic imine (C=N–C) groups is 1. The second kappa shape index (κ2) is 21.5. The third-order valence-electron chi connectivity index (χ3n) is 8.32. The number of guanidine groups is 1. The second-order valence-corrected chi connectivity index (χ2v) is 13.8. The van der Waals surface area contributed by atoms with Crippen molar-refractivity contribution in [2.45, 2.75) is 109 Å². The molecule has 15 N–H and O–H groups in total. The number of hydrogen-bond acceptors (Lipinski definition) is 8. The number of H-pyrrole nitrogens is 1. The van der Waals surface area contributed by atoms with E-state index in [4.69, 9.17) is 28.7 Å². The van der Waals surface area contributed by atoms with E-state index in [-0.39, 0.29) is 43.5 Å². The predicted octanol–water partition coefficient (Wildman–Crippen LogP) is -0.263. The molecule has 1 aromatic heterocycles. The van der Waals surface area contributed by atoms with Gasteiger partial charge in [0.2, 0.25) is 29.5 Å². The minimum absolute atomic E-state index is 0.0313. The van der Waals surface area contributed by atoms with Crippen molar-refractivity contribution in [3.63, 3.8) is 0 Å². The van der Waals surface area contributed by atoms with Crippen molar-refractivity contribution in [2.24, 2.45) is 45.5 Å². The zero-order valence-corrected chi connectivity index (χ0v) is 30.4. The smallest absolute Gasteiger partial charge is 0.243 e. The van der Waals surface area contributed by atoms with Gasteiger partial charge in [0.1, 0.15) is 24.2 Å². The summed E-state index contributed by atoms with van der Waals surface area (Å²) in [5.41, 5.74) is 29.7. The number of benzene rings is 1. The van der Waals surface area contributed by atoms with Gasteiger partial charge in [-0.2, -0.15) is 0 Å². The normalized spacial score (nSPS) is 14.3. The standard InChI is InChI=1S/C35H59N11O5/c1-20(2)16-27(30(38)47)44-34(51)29(18-22-19-42-25-12-6-5-10-23(22)25)46-33(50)28(17-21(3)4)45-32(49)26(13-7-8-14-36)43-31(48)24(37)11-9-15-41-35(39)40/h5-6,10,12,19-21,24,26-29,42H,7-9,11,13-18,36-37H2,1-4H3,(H2,38,47)(H,43,48)(H,44,51)(H,45,49)(H,46,50)(H4,39,40,41)/t24-,26-,27-,28-,29-/m0/s1. The Morgan fingerprint density at radius 3 is 1.92 bits per heavy atom. The number of nitrogens with two attached hydrogens (primary N) is 5. The monoisotopic (exact) mass is 713 g/mol. The molecule has 5 atom stereocenters. The van der Waals surface area contributed by atoms with Crippen molar-refractivity contribution in [1.29, 1.82) is 0 Å². The largest absolute Gasteiger partial charge is 0.370 e. The van der Waals surface area contributed by atoms with Crippen molar-refractivity contribution in [3.8, 4) is 0 Å². The number of primary amides is 1. The highest BCUT2D eigenvalue weighted by atomic mass is 16.2. The number of hydrogen-bond donors (Lipinski definition) is 10. The van der Waals surface area contributed by atoms with Crippen molar-refractivity contribution in [1.82, 2.24) is 26.3 Å². The zero-order valence-electron chi connectivity index (χ0n) is 30.4. The van der Waals surface area contributed by atoms with Crippen LogP contribution in [-0.4, -0.2) is 83.8 Å². The van der Waals surface area contributed by atoms with E-state index < -0.39 is 59.7 Å². The van der Waals surface area contributed by atoms with Crippen LogP contribution in [0, 0.1) is 11.8 Å². The summed E-state index contributed by atoms with van der Waals surface area (Å²) >= 11 is 0. The molecule has 284 valence electrons. The third kappa shape index (κ3) is 15.0. The molecule has 0 fully saturated rings. The molecule has 0 aliphatic rings. The van der Waals surface area contributed by atoms with Crippen LogP contribution in [0.25, 0.3) is 10.9 Å². The number of amides is 5. The van der Waals surface area contributed by atoms with E-state index in [0.29, 0.717) is 38.8 Å². The Morgan fingerprint density at radius 2 is 1.29 bits per heavy atom. The average Bonchev–Trinajstić information content (AvgIpc) is 3.47. The van der Waals surface area contributed by atoms with E-state index in [1.807, 2.05) is 52.0 Å². The lowest BCUT2D eigenvalue weighted by Gasteiger charge is -2.27. The van der Waals surface area contributed by atoms with Crippen LogP contribution in [0.15, 0.2) is 35.5 Å². The summed E-state index contributed by atoms with van der Waals surface area (Å²) in [6, 6.07) is 2.53. The van der Waals surface area contributed by atoms with E-state index in [0.717, 1.165) is 16.5 Å². The van der Waals surface area contributed by atoms with Gasteiger partial charge in [-0.15, -0.1) is 0 Å². The molecule has 1 aromatic carbocycles. The summed E-state index contributed by atoms with van der Waals surface area (Å²) in [7, 11) is 0. The highest BCUT2D eigenvalue weighted by Gasteiger charge is 2.32. The second-order valence-electron chi connectivity index (χ2n) is 13.8. The average molecular weight is 714 g/mol. The Morgan fingerprint density at radius 1 is 0.725 bits per heavy atom. The summed E-state index contributed by atoms with van der Waals surface area (Å²) in [5, 5.41) is 12.0. The first-order valence-electron chi connectivity index (χ1n) is 17.7. The first-order chi connectivity index (χ1) is 24.1. The number of fused-ring (bicyclic) bond motifs is 1. The molecule has 0 saturated heterocycles. The molecule has 2 aromatic rings. The fourth-order valence-corrected chi connectivity index (χ4v) is 5.66. The highest BCUT2D eigenvalue weighted by Crippen LogP contribution is 2.20. The number of carbonyl (C=O) groups is 5. The maximum Gasteiger partial charge on any atom is 0.243 e. The summed E-state index contributed by atoms with van der Waals surface area (Å²) in [6.07, 6.45) is 4.58. The number of carbonyl (C=O) groups excluding carboxylic acids is 5. The van der Waals surface area contributed by atoms with Gasteiger partial charge in [0.15, 0.2) is 5.96 Å². The molecule has 0 aliphatic carbocycles. The van der Waals surface area contributed by atoms with Crippen LogP contribution in [0.1, 0.15) is 78.2 Å². The lowest BCUT2D eigenvalue weighted by atomic mass is 9.99. The van der Waals surface area contributed by atoms with Gasteiger partial charge in [-0.1, -0.05) is 45.9 Å². The molecule has 0 aliphatic heterocycles. The van der Waals surface area contributed by atoms with Gasteiger partial charge < -0.3 is 54.9 Å². The number of para-hydroxylation sites is 1. The zero-order chi connectivity index (χ0) is 38.1. The molecule has 5 amide bonds. The Bertz CT molecular complexity index is 1470. The fourth-order valence-electron chi connectivity index (χ4n) is 5.66. The van der Waals surface area contributed by atoms with Gasteiger partial charge in [-0.25, -0.2) is 0 Å². The maximum absolute atomic E-state index is 14.0. The van der Waals surface area contributed by atoms with E-state index in [1.165, 1.54) is 0 Å². The summed E-state index contributed by atoms with van der Waals surface area (Å²) in [6.45, 7) is 8.30. The van der Waals surface area contributed by atoms with Crippen LogP contribution >= 0.6 is 0 Å². The highest BCUT2D eigenvalue weighted by molar-refractivity contribution is 5.96. The van der Waals surface area contributed by atoms with Gasteiger partial charge in [-0.3, -0.25) is 29.0 Å². The topological polar surface area (TPSA) is 292 Å². The van der Waals surface area contributed by atoms with Gasteiger partial charge >= 0.3 is 0 Å². The molecule has 51 heavy (non-hydrogen) atoms. The van der Waals surface area contributed by atoms with Crippen molar-refractivity contribution in [2.75, 3.05) is 13.1 Å². The van der Waals surface area contributed by atoms with Gasteiger partial charge in [0.05, 0.1) is 6.04 Å². The van der Waals surface area contributed by atoms with E-state index in [9.17, 15) is 24.0 Å². The number of rotatable bonds is 23. The van der Waals surface area contributed by atoms with Crippen molar-refractivity contribution < 1.29 is 24.0 Å². The molecule has 1 heterocycles. The SMILES string of the molecule is CC(C)C[C@H](NC(=O)[C@H](Cc1c[nH]c2ccccc12)NC(=O)[C@H](CC(C)C)NC(=O)[C@H](CCCCN)NC(=O)[C@@H](N)CCCN=C(N)N)C(N)=O. The maximum atomic E-state index is 14.0. The van der Waals surface area contributed by atoms with Crippen LogP contribution in [0.5, 0.6) is 0 Å². The van der Waals surface area contributed by atoms with E-state index >= 15 is 0 Å². The Labute approximate surface area is 300 Å². The predicted molar refractivity (Wildman–Crippen MR) is 199 cm³/mol. The number of unbranched alkanes of at least 4 members (excludes halogenated alkanes) is 1. The van der Waals surface area contributed by atoms with Crippen LogP contribution < -0.4 is 49.9 Å². The van der Waals surface area contributed by atoms with Crippen LogP contribution in [0.2, 0.25) is 0 Å².